The molecule has 0 bridgehead atoms. The molecule has 0 saturated heterocycles. The normalized spacial score (nSPS) is 12.6. The Labute approximate surface area is 216 Å². The van der Waals surface area contributed by atoms with E-state index in [1.165, 1.54) is 10.6 Å². The van der Waals surface area contributed by atoms with Crippen LogP contribution in [0.2, 0.25) is 0 Å². The van der Waals surface area contributed by atoms with Gasteiger partial charge in [0.15, 0.2) is 0 Å². The zero-order valence-electron chi connectivity index (χ0n) is 22.7. The summed E-state index contributed by atoms with van der Waals surface area (Å²) in [7, 11) is -3.53. The Kier molecular flexibility index (Phi) is 10.1. The second-order valence-corrected chi connectivity index (χ2v) is 12.3. The maximum Gasteiger partial charge on any atom is 0.242 e. The molecule has 2 amide bonds. The highest BCUT2D eigenvalue weighted by atomic mass is 32.2. The Morgan fingerprint density at radius 3 is 2.19 bits per heavy atom. The third-order valence-electron chi connectivity index (χ3n) is 6.15. The summed E-state index contributed by atoms with van der Waals surface area (Å²) in [6, 6.07) is 14.7. The molecule has 0 saturated carbocycles. The minimum atomic E-state index is -3.53. The predicted molar refractivity (Wildman–Crippen MR) is 147 cm³/mol. The number of benzene rings is 2. The van der Waals surface area contributed by atoms with E-state index in [1.54, 1.807) is 17.9 Å². The Balaban J connectivity index is 2.16. The zero-order valence-corrected chi connectivity index (χ0v) is 23.5. The van der Waals surface area contributed by atoms with Gasteiger partial charge in [0.25, 0.3) is 0 Å². The highest BCUT2D eigenvalue weighted by Crippen LogP contribution is 2.25. The molecule has 1 unspecified atom stereocenters. The van der Waals surface area contributed by atoms with Gasteiger partial charge in [-0.2, -0.15) is 0 Å². The van der Waals surface area contributed by atoms with E-state index in [1.807, 2.05) is 77.1 Å². The number of amides is 2. The highest BCUT2D eigenvalue weighted by molar-refractivity contribution is 7.92. The van der Waals surface area contributed by atoms with Crippen molar-refractivity contribution in [1.29, 1.82) is 0 Å². The van der Waals surface area contributed by atoms with Crippen LogP contribution in [-0.4, -0.2) is 56.1 Å². The van der Waals surface area contributed by atoms with Gasteiger partial charge in [-0.1, -0.05) is 42.5 Å². The van der Waals surface area contributed by atoms with Crippen LogP contribution in [0.25, 0.3) is 0 Å². The molecule has 0 radical (unpaired) electrons. The average molecular weight is 516 g/mol. The lowest BCUT2D eigenvalue weighted by Crippen LogP contribution is -2.53. The van der Waals surface area contributed by atoms with Gasteiger partial charge in [-0.3, -0.25) is 13.9 Å². The van der Waals surface area contributed by atoms with Crippen LogP contribution in [0.1, 0.15) is 57.2 Å². The largest absolute Gasteiger partial charge is 0.350 e. The number of carbonyl (C=O) groups is 2. The van der Waals surface area contributed by atoms with Crippen LogP contribution >= 0.6 is 0 Å². The molecule has 0 fully saturated rings. The standard InChI is InChI=1S/C28H41N3O4S/c1-21-13-11-16-25(22(21)2)31(36(7,34)35)19-12-17-26(32)30(20-18-24-14-9-8-10-15-24)23(3)27(33)29-28(4,5)6/h8-11,13-16,23H,12,17-20H2,1-7H3,(H,29,33). The monoisotopic (exact) mass is 515 g/mol. The van der Waals surface area contributed by atoms with Crippen LogP contribution in [0.5, 0.6) is 0 Å². The van der Waals surface area contributed by atoms with Crippen LogP contribution in [0.3, 0.4) is 0 Å². The Morgan fingerprint density at radius 1 is 0.972 bits per heavy atom. The molecule has 2 aromatic carbocycles. The number of nitrogens with zero attached hydrogens (tertiary/aromatic N) is 2. The van der Waals surface area contributed by atoms with Crippen LogP contribution < -0.4 is 9.62 Å². The van der Waals surface area contributed by atoms with Crippen molar-refractivity contribution in [3.8, 4) is 0 Å². The van der Waals surface area contributed by atoms with Gasteiger partial charge in [0, 0.05) is 25.0 Å². The summed E-state index contributed by atoms with van der Waals surface area (Å²) in [5.41, 5.74) is 3.19. The fourth-order valence-electron chi connectivity index (χ4n) is 4.03. The number of anilines is 1. The first kappa shape index (κ1) is 29.4. The van der Waals surface area contributed by atoms with Gasteiger partial charge in [0.2, 0.25) is 21.8 Å². The Hall–Kier alpha value is -2.87. The zero-order chi connectivity index (χ0) is 27.1. The lowest BCUT2D eigenvalue weighted by molar-refractivity contribution is -0.140. The minimum absolute atomic E-state index is 0.138. The molecule has 36 heavy (non-hydrogen) atoms. The second kappa shape index (κ2) is 12.4. The SMILES string of the molecule is Cc1cccc(N(CCCC(=O)N(CCc2ccccc2)C(C)C(=O)NC(C)(C)C)S(C)(=O)=O)c1C. The molecule has 0 aliphatic rings. The molecule has 198 valence electrons. The first-order valence-electron chi connectivity index (χ1n) is 12.4. The van der Waals surface area contributed by atoms with E-state index in [9.17, 15) is 18.0 Å². The van der Waals surface area contributed by atoms with E-state index >= 15 is 0 Å². The lowest BCUT2D eigenvalue weighted by atomic mass is 10.1. The second-order valence-electron chi connectivity index (χ2n) is 10.4. The smallest absolute Gasteiger partial charge is 0.242 e. The van der Waals surface area contributed by atoms with Crippen LogP contribution in [0.15, 0.2) is 48.5 Å². The van der Waals surface area contributed by atoms with Gasteiger partial charge in [0.05, 0.1) is 11.9 Å². The summed E-state index contributed by atoms with van der Waals surface area (Å²) in [5.74, 6) is -0.381. The summed E-state index contributed by atoms with van der Waals surface area (Å²) >= 11 is 0. The molecule has 1 atom stereocenters. The first-order chi connectivity index (χ1) is 16.7. The first-order valence-corrected chi connectivity index (χ1v) is 14.2. The van der Waals surface area contributed by atoms with Gasteiger partial charge in [-0.05, 0) is 77.1 Å². The number of sulfonamides is 1. The van der Waals surface area contributed by atoms with Crippen molar-refractivity contribution in [2.75, 3.05) is 23.7 Å². The summed E-state index contributed by atoms with van der Waals surface area (Å²) in [6.45, 7) is 11.9. The van der Waals surface area contributed by atoms with Crippen LogP contribution in [-0.2, 0) is 26.0 Å². The van der Waals surface area contributed by atoms with Crippen molar-refractivity contribution < 1.29 is 18.0 Å². The molecular weight excluding hydrogens is 474 g/mol. The minimum Gasteiger partial charge on any atom is -0.350 e. The fourth-order valence-corrected chi connectivity index (χ4v) is 5.05. The van der Waals surface area contributed by atoms with Crippen molar-refractivity contribution in [1.82, 2.24) is 10.2 Å². The van der Waals surface area contributed by atoms with E-state index in [0.717, 1.165) is 16.7 Å². The van der Waals surface area contributed by atoms with E-state index in [4.69, 9.17) is 0 Å². The summed E-state index contributed by atoms with van der Waals surface area (Å²) < 4.78 is 26.5. The van der Waals surface area contributed by atoms with E-state index in [2.05, 4.69) is 5.32 Å². The molecule has 8 heteroatoms. The molecule has 1 N–H and O–H groups in total. The third-order valence-corrected chi connectivity index (χ3v) is 7.33. The van der Waals surface area contributed by atoms with Gasteiger partial charge in [-0.25, -0.2) is 8.42 Å². The lowest BCUT2D eigenvalue weighted by Gasteiger charge is -2.32. The van der Waals surface area contributed by atoms with Crippen LogP contribution in [0, 0.1) is 13.8 Å². The number of aryl methyl sites for hydroxylation is 1. The quantitative estimate of drug-likeness (QED) is 0.485. The van der Waals surface area contributed by atoms with Crippen molar-refractivity contribution in [2.24, 2.45) is 0 Å². The topological polar surface area (TPSA) is 86.8 Å². The molecule has 0 spiro atoms. The maximum atomic E-state index is 13.3. The fraction of sp³-hybridized carbons (Fsp3) is 0.500. The number of hydrogen-bond donors (Lipinski definition) is 1. The van der Waals surface area contributed by atoms with Gasteiger partial charge < -0.3 is 10.2 Å². The molecule has 0 aliphatic heterocycles. The highest BCUT2D eigenvalue weighted by Gasteiger charge is 2.28. The molecule has 2 rings (SSSR count). The van der Waals surface area contributed by atoms with E-state index in [0.29, 0.717) is 25.1 Å². The van der Waals surface area contributed by atoms with Crippen molar-refractivity contribution in [3.05, 3.63) is 65.2 Å². The van der Waals surface area contributed by atoms with E-state index < -0.39 is 21.6 Å². The summed E-state index contributed by atoms with van der Waals surface area (Å²) in [6.07, 6.45) is 2.28. The number of carbonyl (C=O) groups excluding carboxylic acids is 2. The maximum absolute atomic E-state index is 13.3. The van der Waals surface area contributed by atoms with Crippen molar-refractivity contribution in [3.63, 3.8) is 0 Å². The molecular formula is C28H41N3O4S. The Bertz CT molecular complexity index is 1140. The number of hydrogen-bond acceptors (Lipinski definition) is 4. The third kappa shape index (κ3) is 8.66. The predicted octanol–water partition coefficient (Wildman–Crippen LogP) is 4.22. The van der Waals surface area contributed by atoms with E-state index in [-0.39, 0.29) is 24.8 Å². The molecule has 7 nitrogen and oxygen atoms in total. The molecule has 0 heterocycles. The van der Waals surface area contributed by atoms with Crippen molar-refractivity contribution in [2.45, 2.75) is 72.4 Å². The van der Waals surface area contributed by atoms with Crippen LogP contribution in [0.4, 0.5) is 5.69 Å². The number of rotatable bonds is 11. The molecule has 0 aliphatic carbocycles. The molecule has 2 aromatic rings. The number of nitrogens with one attached hydrogen (secondary N) is 1. The summed E-state index contributed by atoms with van der Waals surface area (Å²) in [4.78, 5) is 27.8. The van der Waals surface area contributed by atoms with Crippen molar-refractivity contribution >= 4 is 27.5 Å². The van der Waals surface area contributed by atoms with Gasteiger partial charge in [0.1, 0.15) is 6.04 Å². The van der Waals surface area contributed by atoms with Gasteiger partial charge in [-0.15, -0.1) is 0 Å². The average Bonchev–Trinajstić information content (AvgIpc) is 2.77. The Morgan fingerprint density at radius 2 is 1.61 bits per heavy atom. The summed E-state index contributed by atoms with van der Waals surface area (Å²) in [5, 5.41) is 2.96. The van der Waals surface area contributed by atoms with Gasteiger partial charge >= 0.3 is 0 Å². The molecule has 0 aromatic heterocycles.